The Labute approximate surface area is 123 Å². The third-order valence-electron chi connectivity index (χ3n) is 3.94. The minimum atomic E-state index is -0.841. The lowest BCUT2D eigenvalue weighted by Gasteiger charge is -2.36. The van der Waals surface area contributed by atoms with Crippen LogP contribution in [0.5, 0.6) is 0 Å². The van der Waals surface area contributed by atoms with Crippen LogP contribution in [0.4, 0.5) is 5.69 Å². The monoisotopic (exact) mass is 292 g/mol. The number of benzene rings is 1. The summed E-state index contributed by atoms with van der Waals surface area (Å²) >= 11 is 6.06. The van der Waals surface area contributed by atoms with E-state index in [9.17, 15) is 9.90 Å². The molecule has 0 amide bonds. The van der Waals surface area contributed by atoms with Crippen molar-refractivity contribution in [3.8, 4) is 6.07 Å². The van der Waals surface area contributed by atoms with E-state index in [0.717, 1.165) is 18.5 Å². The molecule has 106 valence electrons. The molecule has 1 atom stereocenters. The van der Waals surface area contributed by atoms with Crippen molar-refractivity contribution in [2.24, 2.45) is 0 Å². The van der Waals surface area contributed by atoms with E-state index in [1.165, 1.54) is 0 Å². The Morgan fingerprint density at radius 1 is 1.60 bits per heavy atom. The van der Waals surface area contributed by atoms with Gasteiger partial charge in [-0.05, 0) is 37.5 Å². The van der Waals surface area contributed by atoms with E-state index in [-0.39, 0.29) is 0 Å². The number of carboxylic acids is 1. The number of nitrogens with zero attached hydrogens (tertiary/aromatic N) is 2. The van der Waals surface area contributed by atoms with E-state index in [4.69, 9.17) is 16.9 Å². The van der Waals surface area contributed by atoms with E-state index < -0.39 is 11.5 Å². The SMILES string of the molecule is CCCC1(C(=O)O)CCCN1c1ccc(C#N)c(Cl)c1. The zero-order valence-corrected chi connectivity index (χ0v) is 12.2. The van der Waals surface area contributed by atoms with Gasteiger partial charge in [0.1, 0.15) is 11.6 Å². The molecule has 0 saturated carbocycles. The Kier molecular flexibility index (Phi) is 4.20. The molecule has 1 aromatic carbocycles. The summed E-state index contributed by atoms with van der Waals surface area (Å²) in [5, 5.41) is 18.9. The van der Waals surface area contributed by atoms with Crippen molar-refractivity contribution in [1.29, 1.82) is 5.26 Å². The predicted molar refractivity (Wildman–Crippen MR) is 78.0 cm³/mol. The Hall–Kier alpha value is -1.73. The Morgan fingerprint density at radius 2 is 2.35 bits per heavy atom. The van der Waals surface area contributed by atoms with Crippen LogP contribution in [0.3, 0.4) is 0 Å². The Bertz CT molecular complexity index is 567. The quantitative estimate of drug-likeness (QED) is 0.923. The minimum Gasteiger partial charge on any atom is -0.479 e. The fourth-order valence-electron chi connectivity index (χ4n) is 3.02. The van der Waals surface area contributed by atoms with Crippen LogP contribution in [0.15, 0.2) is 18.2 Å². The number of carbonyl (C=O) groups is 1. The summed E-state index contributed by atoms with van der Waals surface area (Å²) in [5.74, 6) is -0.780. The minimum absolute atomic E-state index is 0.368. The van der Waals surface area contributed by atoms with Gasteiger partial charge in [-0.25, -0.2) is 4.79 Å². The van der Waals surface area contributed by atoms with Gasteiger partial charge in [-0.3, -0.25) is 0 Å². The Morgan fingerprint density at radius 3 is 2.90 bits per heavy atom. The number of aliphatic carboxylic acids is 1. The van der Waals surface area contributed by atoms with Crippen LogP contribution in [-0.2, 0) is 4.79 Å². The summed E-state index contributed by atoms with van der Waals surface area (Å²) in [6.07, 6.45) is 2.92. The van der Waals surface area contributed by atoms with Crippen LogP contribution in [-0.4, -0.2) is 23.2 Å². The van der Waals surface area contributed by atoms with Crippen molar-refractivity contribution in [2.45, 2.75) is 38.1 Å². The van der Waals surface area contributed by atoms with E-state index in [1.807, 2.05) is 17.9 Å². The second kappa shape index (κ2) is 5.72. The van der Waals surface area contributed by atoms with Gasteiger partial charge in [-0.2, -0.15) is 5.26 Å². The lowest BCUT2D eigenvalue weighted by molar-refractivity contribution is -0.143. The molecule has 5 heteroatoms. The average molecular weight is 293 g/mol. The van der Waals surface area contributed by atoms with Crippen LogP contribution in [0.25, 0.3) is 0 Å². The zero-order chi connectivity index (χ0) is 14.8. The number of carboxylic acid groups (broad SMARTS) is 1. The second-order valence-corrected chi connectivity index (χ2v) is 5.53. The molecule has 20 heavy (non-hydrogen) atoms. The standard InChI is InChI=1S/C15H17ClN2O2/c1-2-6-15(14(19)20)7-3-8-18(15)12-5-4-11(10-17)13(16)9-12/h4-5,9H,2-3,6-8H2,1H3,(H,19,20). The molecule has 2 rings (SSSR count). The number of nitriles is 1. The Balaban J connectivity index is 2.42. The van der Waals surface area contributed by atoms with E-state index in [2.05, 4.69) is 0 Å². The maximum Gasteiger partial charge on any atom is 0.329 e. The highest BCUT2D eigenvalue weighted by Gasteiger charge is 2.47. The molecule has 1 aliphatic heterocycles. The van der Waals surface area contributed by atoms with Gasteiger partial charge < -0.3 is 10.0 Å². The van der Waals surface area contributed by atoms with Crippen LogP contribution in [0, 0.1) is 11.3 Å². The van der Waals surface area contributed by atoms with Gasteiger partial charge in [0.05, 0.1) is 10.6 Å². The van der Waals surface area contributed by atoms with Crippen molar-refractivity contribution in [1.82, 2.24) is 0 Å². The number of rotatable bonds is 4. The van der Waals surface area contributed by atoms with Crippen molar-refractivity contribution in [3.05, 3.63) is 28.8 Å². The third-order valence-corrected chi connectivity index (χ3v) is 4.25. The fraction of sp³-hybridized carbons (Fsp3) is 0.467. The molecular weight excluding hydrogens is 276 g/mol. The highest BCUT2D eigenvalue weighted by Crippen LogP contribution is 2.39. The van der Waals surface area contributed by atoms with Gasteiger partial charge in [0.2, 0.25) is 0 Å². The molecule has 0 radical (unpaired) electrons. The summed E-state index contributed by atoms with van der Waals surface area (Å²) in [6, 6.07) is 7.14. The fourth-order valence-corrected chi connectivity index (χ4v) is 3.24. The zero-order valence-electron chi connectivity index (χ0n) is 11.4. The van der Waals surface area contributed by atoms with Crippen LogP contribution >= 0.6 is 11.6 Å². The lowest BCUT2D eigenvalue weighted by Crippen LogP contribution is -2.50. The molecule has 1 heterocycles. The van der Waals surface area contributed by atoms with Gasteiger partial charge in [-0.15, -0.1) is 0 Å². The maximum atomic E-state index is 11.8. The molecule has 1 unspecified atom stereocenters. The summed E-state index contributed by atoms with van der Waals surface area (Å²) < 4.78 is 0. The highest BCUT2D eigenvalue weighted by atomic mass is 35.5. The smallest absolute Gasteiger partial charge is 0.329 e. The molecule has 1 N–H and O–H groups in total. The predicted octanol–water partition coefficient (Wildman–Crippen LogP) is 3.44. The normalized spacial score (nSPS) is 21.8. The summed E-state index contributed by atoms with van der Waals surface area (Å²) in [6.45, 7) is 2.70. The van der Waals surface area contributed by atoms with Crippen molar-refractivity contribution < 1.29 is 9.90 Å². The van der Waals surface area contributed by atoms with Crippen molar-refractivity contribution in [2.75, 3.05) is 11.4 Å². The molecule has 0 aromatic heterocycles. The van der Waals surface area contributed by atoms with Crippen LogP contribution in [0.1, 0.15) is 38.2 Å². The van der Waals surface area contributed by atoms with Crippen molar-refractivity contribution in [3.63, 3.8) is 0 Å². The van der Waals surface area contributed by atoms with Crippen LogP contribution in [0.2, 0.25) is 5.02 Å². The highest BCUT2D eigenvalue weighted by molar-refractivity contribution is 6.32. The second-order valence-electron chi connectivity index (χ2n) is 5.12. The first-order valence-corrected chi connectivity index (χ1v) is 7.13. The number of hydrogen-bond acceptors (Lipinski definition) is 3. The molecule has 1 aromatic rings. The lowest BCUT2D eigenvalue weighted by atomic mass is 9.90. The molecule has 4 nitrogen and oxygen atoms in total. The summed E-state index contributed by atoms with van der Waals surface area (Å²) in [4.78, 5) is 13.7. The van der Waals surface area contributed by atoms with E-state index in [0.29, 0.717) is 30.0 Å². The summed E-state index contributed by atoms with van der Waals surface area (Å²) in [5.41, 5.74) is 0.347. The third kappa shape index (κ3) is 2.34. The number of halogens is 1. The van der Waals surface area contributed by atoms with E-state index in [1.54, 1.807) is 18.2 Å². The molecule has 1 aliphatic rings. The molecule has 0 bridgehead atoms. The molecule has 0 spiro atoms. The van der Waals surface area contributed by atoms with E-state index >= 15 is 0 Å². The first-order chi connectivity index (χ1) is 9.55. The number of anilines is 1. The van der Waals surface area contributed by atoms with Crippen molar-refractivity contribution >= 4 is 23.3 Å². The number of hydrogen-bond donors (Lipinski definition) is 1. The topological polar surface area (TPSA) is 64.3 Å². The molecule has 0 aliphatic carbocycles. The molecule has 1 saturated heterocycles. The van der Waals surface area contributed by atoms with Gasteiger partial charge in [-0.1, -0.05) is 24.9 Å². The van der Waals surface area contributed by atoms with Gasteiger partial charge in [0.15, 0.2) is 0 Å². The van der Waals surface area contributed by atoms with Gasteiger partial charge >= 0.3 is 5.97 Å². The van der Waals surface area contributed by atoms with Crippen LogP contribution < -0.4 is 4.90 Å². The largest absolute Gasteiger partial charge is 0.479 e. The average Bonchev–Trinajstić information content (AvgIpc) is 2.84. The molecule has 1 fully saturated rings. The van der Waals surface area contributed by atoms with Gasteiger partial charge in [0, 0.05) is 12.2 Å². The first-order valence-electron chi connectivity index (χ1n) is 6.76. The van der Waals surface area contributed by atoms with Gasteiger partial charge in [0.25, 0.3) is 0 Å². The maximum absolute atomic E-state index is 11.8. The first kappa shape index (κ1) is 14.7. The molecular formula is C15H17ClN2O2. The summed E-state index contributed by atoms with van der Waals surface area (Å²) in [7, 11) is 0.